The summed E-state index contributed by atoms with van der Waals surface area (Å²) in [5, 5.41) is 4.70. The fraction of sp³-hybridized carbons (Fsp3) is 0.357. The molecule has 6 heteroatoms. The highest BCUT2D eigenvalue weighted by Gasteiger charge is 2.07. The quantitative estimate of drug-likeness (QED) is 0.825. The van der Waals surface area contributed by atoms with Crippen LogP contribution in [0, 0.1) is 13.8 Å². The first-order valence-electron chi connectivity index (χ1n) is 6.50. The van der Waals surface area contributed by atoms with E-state index in [-0.39, 0.29) is 5.56 Å². The minimum atomic E-state index is -0.138. The van der Waals surface area contributed by atoms with E-state index in [1.54, 1.807) is 6.92 Å². The van der Waals surface area contributed by atoms with Crippen molar-refractivity contribution in [3.8, 4) is 0 Å². The van der Waals surface area contributed by atoms with Crippen molar-refractivity contribution in [3.63, 3.8) is 0 Å². The minimum Gasteiger partial charge on any atom is -0.313 e. The Morgan fingerprint density at radius 3 is 2.80 bits per heavy atom. The number of hydrogen-bond donors (Lipinski definition) is 2. The molecule has 0 saturated heterocycles. The summed E-state index contributed by atoms with van der Waals surface area (Å²) in [6.45, 7) is 7.64. The van der Waals surface area contributed by atoms with Crippen molar-refractivity contribution >= 4 is 11.8 Å². The molecule has 5 nitrogen and oxygen atoms in total. The smallest absolute Gasteiger partial charge is 0.251 e. The third kappa shape index (κ3) is 3.91. The van der Waals surface area contributed by atoms with E-state index in [0.29, 0.717) is 10.9 Å². The lowest BCUT2D eigenvalue weighted by Gasteiger charge is -2.07. The van der Waals surface area contributed by atoms with Gasteiger partial charge in [0.05, 0.1) is 0 Å². The number of nitrogens with zero attached hydrogens (tertiary/aromatic N) is 2. The first-order chi connectivity index (χ1) is 9.58. The molecule has 0 radical (unpaired) electrons. The van der Waals surface area contributed by atoms with Gasteiger partial charge in [-0.3, -0.25) is 4.79 Å². The Bertz CT molecular complexity index is 654. The standard InChI is InChI=1S/C14H18N4OS/c1-4-15-7-11-5-9(2)13(16-8-11)20-14-17-10(3)6-12(19)18-14/h5-6,8,15H,4,7H2,1-3H3,(H,17,18,19). The van der Waals surface area contributed by atoms with Gasteiger partial charge in [0.25, 0.3) is 5.56 Å². The average Bonchev–Trinajstić information content (AvgIpc) is 2.38. The molecule has 0 fully saturated rings. The van der Waals surface area contributed by atoms with Crippen molar-refractivity contribution in [2.75, 3.05) is 6.54 Å². The molecular weight excluding hydrogens is 272 g/mol. The summed E-state index contributed by atoms with van der Waals surface area (Å²) >= 11 is 1.38. The topological polar surface area (TPSA) is 70.7 Å². The van der Waals surface area contributed by atoms with E-state index in [1.165, 1.54) is 17.8 Å². The highest BCUT2D eigenvalue weighted by Crippen LogP contribution is 2.25. The SMILES string of the molecule is CCNCc1cnc(Sc2nc(C)cc(=O)[nH]2)c(C)c1. The van der Waals surface area contributed by atoms with Crippen LogP contribution in [0.15, 0.2) is 33.3 Å². The van der Waals surface area contributed by atoms with Gasteiger partial charge >= 0.3 is 0 Å². The molecule has 0 bridgehead atoms. The maximum atomic E-state index is 11.4. The summed E-state index contributed by atoms with van der Waals surface area (Å²) in [6.07, 6.45) is 1.85. The maximum absolute atomic E-state index is 11.4. The van der Waals surface area contributed by atoms with Crippen molar-refractivity contribution in [3.05, 3.63) is 45.5 Å². The highest BCUT2D eigenvalue weighted by molar-refractivity contribution is 7.99. The molecule has 2 rings (SSSR count). The molecule has 0 aromatic carbocycles. The highest BCUT2D eigenvalue weighted by atomic mass is 32.2. The van der Waals surface area contributed by atoms with Gasteiger partial charge in [-0.05, 0) is 43.3 Å². The van der Waals surface area contributed by atoms with Gasteiger partial charge in [0, 0.05) is 24.5 Å². The molecule has 0 spiro atoms. The summed E-state index contributed by atoms with van der Waals surface area (Å²) in [4.78, 5) is 22.9. The van der Waals surface area contributed by atoms with Crippen molar-refractivity contribution in [1.82, 2.24) is 20.3 Å². The fourth-order valence-corrected chi connectivity index (χ4v) is 2.63. The second-order valence-electron chi connectivity index (χ2n) is 4.54. The van der Waals surface area contributed by atoms with E-state index in [0.717, 1.165) is 29.2 Å². The Morgan fingerprint density at radius 1 is 1.35 bits per heavy atom. The zero-order valence-electron chi connectivity index (χ0n) is 11.9. The largest absolute Gasteiger partial charge is 0.313 e. The van der Waals surface area contributed by atoms with Crippen LogP contribution in [-0.2, 0) is 6.54 Å². The van der Waals surface area contributed by atoms with Crippen LogP contribution < -0.4 is 10.9 Å². The van der Waals surface area contributed by atoms with Crippen LogP contribution in [0.5, 0.6) is 0 Å². The summed E-state index contributed by atoms with van der Waals surface area (Å²) in [7, 11) is 0. The lowest BCUT2D eigenvalue weighted by Crippen LogP contribution is -2.12. The lowest BCUT2D eigenvalue weighted by atomic mass is 10.2. The van der Waals surface area contributed by atoms with Gasteiger partial charge in [0.1, 0.15) is 5.03 Å². The van der Waals surface area contributed by atoms with Gasteiger partial charge < -0.3 is 10.3 Å². The fourth-order valence-electron chi connectivity index (χ4n) is 1.78. The summed E-state index contributed by atoms with van der Waals surface area (Å²) in [5.41, 5.74) is 2.80. The Balaban J connectivity index is 2.19. The maximum Gasteiger partial charge on any atom is 0.251 e. The van der Waals surface area contributed by atoms with Crippen LogP contribution in [0.4, 0.5) is 0 Å². The van der Waals surface area contributed by atoms with E-state index in [1.807, 2.05) is 13.1 Å². The van der Waals surface area contributed by atoms with Gasteiger partial charge in [-0.1, -0.05) is 13.0 Å². The predicted octanol–water partition coefficient (Wildman–Crippen LogP) is 2.04. The molecule has 2 N–H and O–H groups in total. The number of hydrogen-bond acceptors (Lipinski definition) is 5. The molecule has 0 amide bonds. The summed E-state index contributed by atoms with van der Waals surface area (Å²) in [5.74, 6) is 0. The molecule has 2 heterocycles. The molecule has 0 aliphatic carbocycles. The van der Waals surface area contributed by atoms with Gasteiger partial charge in [0.15, 0.2) is 5.16 Å². The molecule has 20 heavy (non-hydrogen) atoms. The van der Waals surface area contributed by atoms with Crippen molar-refractivity contribution in [1.29, 1.82) is 0 Å². The molecule has 0 unspecified atom stereocenters. The van der Waals surface area contributed by atoms with Crippen LogP contribution >= 0.6 is 11.8 Å². The summed E-state index contributed by atoms with van der Waals surface area (Å²) < 4.78 is 0. The molecule has 2 aromatic heterocycles. The molecule has 106 valence electrons. The average molecular weight is 290 g/mol. The number of aromatic nitrogens is 3. The molecule has 0 aliphatic heterocycles. The molecule has 0 saturated carbocycles. The Morgan fingerprint density at radius 2 is 2.15 bits per heavy atom. The first kappa shape index (κ1) is 14.7. The molecule has 0 atom stereocenters. The number of aromatic amines is 1. The third-order valence-corrected chi connectivity index (χ3v) is 3.71. The number of nitrogens with one attached hydrogen (secondary N) is 2. The van der Waals surface area contributed by atoms with Crippen LogP contribution in [0.3, 0.4) is 0 Å². The second kappa shape index (κ2) is 6.67. The molecule has 2 aromatic rings. The Hall–Kier alpha value is -1.66. The van der Waals surface area contributed by atoms with Crippen LogP contribution in [0.1, 0.15) is 23.7 Å². The molecule has 0 aliphatic rings. The van der Waals surface area contributed by atoms with Crippen molar-refractivity contribution in [2.45, 2.75) is 37.5 Å². The Labute approximate surface area is 122 Å². The van der Waals surface area contributed by atoms with E-state index in [9.17, 15) is 4.79 Å². The zero-order valence-corrected chi connectivity index (χ0v) is 12.7. The van der Waals surface area contributed by atoms with E-state index < -0.39 is 0 Å². The van der Waals surface area contributed by atoms with Crippen molar-refractivity contribution in [2.24, 2.45) is 0 Å². The predicted molar refractivity (Wildman–Crippen MR) is 80.1 cm³/mol. The number of rotatable bonds is 5. The van der Waals surface area contributed by atoms with Gasteiger partial charge in [-0.2, -0.15) is 0 Å². The molecular formula is C14H18N4OS. The van der Waals surface area contributed by atoms with Crippen LogP contribution in [-0.4, -0.2) is 21.5 Å². The van der Waals surface area contributed by atoms with Gasteiger partial charge in [-0.15, -0.1) is 0 Å². The number of H-pyrrole nitrogens is 1. The normalized spacial score (nSPS) is 10.8. The minimum absolute atomic E-state index is 0.138. The first-order valence-corrected chi connectivity index (χ1v) is 7.32. The second-order valence-corrected chi connectivity index (χ2v) is 5.52. The monoisotopic (exact) mass is 290 g/mol. The lowest BCUT2D eigenvalue weighted by molar-refractivity contribution is 0.721. The van der Waals surface area contributed by atoms with E-state index >= 15 is 0 Å². The Kier molecular flexibility index (Phi) is 4.92. The van der Waals surface area contributed by atoms with Gasteiger partial charge in [-0.25, -0.2) is 9.97 Å². The van der Waals surface area contributed by atoms with E-state index in [2.05, 4.69) is 33.3 Å². The van der Waals surface area contributed by atoms with E-state index in [4.69, 9.17) is 0 Å². The zero-order chi connectivity index (χ0) is 14.5. The van der Waals surface area contributed by atoms with Crippen molar-refractivity contribution < 1.29 is 0 Å². The van der Waals surface area contributed by atoms with Gasteiger partial charge in [0.2, 0.25) is 0 Å². The number of aryl methyl sites for hydroxylation is 2. The van der Waals surface area contributed by atoms with Crippen LogP contribution in [0.25, 0.3) is 0 Å². The number of pyridine rings is 1. The van der Waals surface area contributed by atoms with Crippen LogP contribution in [0.2, 0.25) is 0 Å². The summed E-state index contributed by atoms with van der Waals surface area (Å²) in [6, 6.07) is 3.58. The third-order valence-electron chi connectivity index (χ3n) is 2.71.